The highest BCUT2D eigenvalue weighted by Gasteiger charge is 2.19. The Balaban J connectivity index is 1.76. The number of hydrogen-bond acceptors (Lipinski definition) is 4. The van der Waals surface area contributed by atoms with E-state index in [1.54, 1.807) is 0 Å². The van der Waals surface area contributed by atoms with Gasteiger partial charge in [-0.2, -0.15) is 0 Å². The van der Waals surface area contributed by atoms with Crippen LogP contribution in [0.15, 0.2) is 30.3 Å². The number of anilines is 2. The molecule has 0 aliphatic carbocycles. The SMILES string of the molecule is CN(CC(=O)N1CCCC1)c1ccc2cc(N)ccc2n1. The summed E-state index contributed by atoms with van der Waals surface area (Å²) >= 11 is 0. The van der Waals surface area contributed by atoms with Crippen LogP contribution in [0.4, 0.5) is 11.5 Å². The summed E-state index contributed by atoms with van der Waals surface area (Å²) in [7, 11) is 1.90. The highest BCUT2D eigenvalue weighted by Crippen LogP contribution is 2.20. The van der Waals surface area contributed by atoms with E-state index in [-0.39, 0.29) is 5.91 Å². The molecule has 5 heteroatoms. The van der Waals surface area contributed by atoms with Gasteiger partial charge in [0.2, 0.25) is 5.91 Å². The Morgan fingerprint density at radius 3 is 2.81 bits per heavy atom. The highest BCUT2D eigenvalue weighted by molar-refractivity contribution is 5.85. The van der Waals surface area contributed by atoms with Gasteiger partial charge in [0, 0.05) is 31.2 Å². The molecule has 2 aromatic rings. The van der Waals surface area contributed by atoms with E-state index in [2.05, 4.69) is 4.98 Å². The van der Waals surface area contributed by atoms with E-state index in [0.717, 1.165) is 48.3 Å². The minimum atomic E-state index is 0.175. The number of benzene rings is 1. The maximum absolute atomic E-state index is 12.2. The molecule has 1 aromatic heterocycles. The third-order valence-electron chi connectivity index (χ3n) is 3.92. The number of carbonyl (C=O) groups is 1. The van der Waals surface area contributed by atoms with E-state index in [0.29, 0.717) is 6.54 Å². The Morgan fingerprint density at radius 2 is 2.05 bits per heavy atom. The number of nitrogen functional groups attached to an aromatic ring is 1. The van der Waals surface area contributed by atoms with Gasteiger partial charge in [-0.1, -0.05) is 0 Å². The minimum absolute atomic E-state index is 0.175. The zero-order valence-electron chi connectivity index (χ0n) is 12.2. The topological polar surface area (TPSA) is 62.5 Å². The molecule has 110 valence electrons. The van der Waals surface area contributed by atoms with Crippen molar-refractivity contribution in [1.29, 1.82) is 0 Å². The summed E-state index contributed by atoms with van der Waals surface area (Å²) in [6, 6.07) is 9.57. The van der Waals surface area contributed by atoms with Crippen molar-refractivity contribution >= 4 is 28.3 Å². The number of aromatic nitrogens is 1. The molecule has 0 unspecified atom stereocenters. The summed E-state index contributed by atoms with van der Waals surface area (Å²) in [6.45, 7) is 2.14. The molecule has 1 saturated heterocycles. The van der Waals surface area contributed by atoms with Gasteiger partial charge in [-0.3, -0.25) is 4.79 Å². The molecule has 5 nitrogen and oxygen atoms in total. The lowest BCUT2D eigenvalue weighted by molar-refractivity contribution is -0.128. The largest absolute Gasteiger partial charge is 0.399 e. The smallest absolute Gasteiger partial charge is 0.242 e. The fraction of sp³-hybridized carbons (Fsp3) is 0.375. The number of likely N-dealkylation sites (N-methyl/N-ethyl adjacent to an activating group) is 1. The van der Waals surface area contributed by atoms with Crippen LogP contribution in [0, 0.1) is 0 Å². The van der Waals surface area contributed by atoms with Gasteiger partial charge in [-0.15, -0.1) is 0 Å². The van der Waals surface area contributed by atoms with Gasteiger partial charge in [0.25, 0.3) is 0 Å². The predicted molar refractivity (Wildman–Crippen MR) is 85.2 cm³/mol. The van der Waals surface area contributed by atoms with Gasteiger partial charge in [0.05, 0.1) is 12.1 Å². The second kappa shape index (κ2) is 5.60. The number of hydrogen-bond donors (Lipinski definition) is 1. The molecule has 1 amide bonds. The van der Waals surface area contributed by atoms with Crippen LogP contribution in [-0.2, 0) is 4.79 Å². The van der Waals surface area contributed by atoms with Gasteiger partial charge in [0.15, 0.2) is 0 Å². The summed E-state index contributed by atoms with van der Waals surface area (Å²) in [5.74, 6) is 0.981. The first kappa shape index (κ1) is 13.7. The van der Waals surface area contributed by atoms with Crippen molar-refractivity contribution in [2.24, 2.45) is 0 Å². The molecule has 1 aliphatic rings. The number of pyridine rings is 1. The Bertz CT molecular complexity index is 664. The first-order chi connectivity index (χ1) is 10.1. The minimum Gasteiger partial charge on any atom is -0.399 e. The first-order valence-electron chi connectivity index (χ1n) is 7.29. The molecule has 2 heterocycles. The van der Waals surface area contributed by atoms with E-state index in [1.807, 2.05) is 47.2 Å². The van der Waals surface area contributed by atoms with E-state index in [9.17, 15) is 4.79 Å². The van der Waals surface area contributed by atoms with Crippen LogP contribution < -0.4 is 10.6 Å². The lowest BCUT2D eigenvalue weighted by atomic mass is 10.2. The number of carbonyl (C=O) groups excluding carboxylic acids is 1. The molecule has 0 bridgehead atoms. The zero-order chi connectivity index (χ0) is 14.8. The Labute approximate surface area is 124 Å². The molecule has 2 N–H and O–H groups in total. The number of amides is 1. The molecule has 1 fully saturated rings. The average Bonchev–Trinajstić information content (AvgIpc) is 3.01. The summed E-state index contributed by atoms with van der Waals surface area (Å²) in [6.07, 6.45) is 2.23. The van der Waals surface area contributed by atoms with Crippen molar-refractivity contribution in [3.8, 4) is 0 Å². The maximum atomic E-state index is 12.2. The average molecular weight is 284 g/mol. The summed E-state index contributed by atoms with van der Waals surface area (Å²) in [4.78, 5) is 20.6. The summed E-state index contributed by atoms with van der Waals surface area (Å²) < 4.78 is 0. The molecule has 1 aromatic carbocycles. The Hall–Kier alpha value is -2.30. The van der Waals surface area contributed by atoms with Crippen LogP contribution in [-0.4, -0.2) is 42.5 Å². The van der Waals surface area contributed by atoms with Crippen LogP contribution >= 0.6 is 0 Å². The van der Waals surface area contributed by atoms with Crippen LogP contribution in [0.3, 0.4) is 0 Å². The second-order valence-electron chi connectivity index (χ2n) is 5.57. The third kappa shape index (κ3) is 2.91. The molecule has 1 aliphatic heterocycles. The summed E-state index contributed by atoms with van der Waals surface area (Å²) in [5, 5.41) is 1.01. The van der Waals surface area contributed by atoms with Gasteiger partial charge in [0.1, 0.15) is 5.82 Å². The van der Waals surface area contributed by atoms with Crippen LogP contribution in [0.5, 0.6) is 0 Å². The normalized spacial score (nSPS) is 14.6. The highest BCUT2D eigenvalue weighted by atomic mass is 16.2. The van der Waals surface area contributed by atoms with Gasteiger partial charge in [-0.25, -0.2) is 4.98 Å². The van der Waals surface area contributed by atoms with E-state index in [4.69, 9.17) is 5.73 Å². The van der Waals surface area contributed by atoms with Crippen molar-refractivity contribution in [2.75, 3.05) is 37.3 Å². The molecular weight excluding hydrogens is 264 g/mol. The molecule has 3 rings (SSSR count). The molecule has 0 atom stereocenters. The molecule has 0 spiro atoms. The standard InChI is InChI=1S/C16H20N4O/c1-19(11-16(21)20-8-2-3-9-20)15-7-4-12-10-13(17)5-6-14(12)18-15/h4-7,10H,2-3,8-9,11,17H2,1H3. The number of nitrogens with two attached hydrogens (primary N) is 1. The van der Waals surface area contributed by atoms with E-state index >= 15 is 0 Å². The van der Waals surface area contributed by atoms with Crippen LogP contribution in [0.1, 0.15) is 12.8 Å². The van der Waals surface area contributed by atoms with Crippen molar-refractivity contribution in [3.05, 3.63) is 30.3 Å². The van der Waals surface area contributed by atoms with Crippen molar-refractivity contribution in [1.82, 2.24) is 9.88 Å². The lowest BCUT2D eigenvalue weighted by Crippen LogP contribution is -2.37. The predicted octanol–water partition coefficient (Wildman–Crippen LogP) is 1.88. The number of likely N-dealkylation sites (tertiary alicyclic amines) is 1. The number of nitrogens with zero attached hydrogens (tertiary/aromatic N) is 3. The van der Waals surface area contributed by atoms with Gasteiger partial charge >= 0.3 is 0 Å². The number of rotatable bonds is 3. The monoisotopic (exact) mass is 284 g/mol. The second-order valence-corrected chi connectivity index (χ2v) is 5.57. The first-order valence-corrected chi connectivity index (χ1v) is 7.29. The fourth-order valence-corrected chi connectivity index (χ4v) is 2.70. The van der Waals surface area contributed by atoms with Crippen molar-refractivity contribution < 1.29 is 4.79 Å². The van der Waals surface area contributed by atoms with Gasteiger partial charge in [-0.05, 0) is 43.2 Å². The van der Waals surface area contributed by atoms with Crippen LogP contribution in [0.25, 0.3) is 10.9 Å². The fourth-order valence-electron chi connectivity index (χ4n) is 2.70. The quantitative estimate of drug-likeness (QED) is 0.874. The summed E-state index contributed by atoms with van der Waals surface area (Å²) in [5.41, 5.74) is 7.39. The lowest BCUT2D eigenvalue weighted by Gasteiger charge is -2.22. The maximum Gasteiger partial charge on any atom is 0.242 e. The zero-order valence-corrected chi connectivity index (χ0v) is 12.2. The molecular formula is C16H20N4O. The molecule has 0 saturated carbocycles. The molecule has 0 radical (unpaired) electrons. The number of fused-ring (bicyclic) bond motifs is 1. The molecule has 21 heavy (non-hydrogen) atoms. The van der Waals surface area contributed by atoms with Crippen molar-refractivity contribution in [2.45, 2.75) is 12.8 Å². The van der Waals surface area contributed by atoms with Crippen molar-refractivity contribution in [3.63, 3.8) is 0 Å². The van der Waals surface area contributed by atoms with E-state index in [1.165, 1.54) is 0 Å². The third-order valence-corrected chi connectivity index (χ3v) is 3.92. The Kier molecular flexibility index (Phi) is 3.64. The Morgan fingerprint density at radius 1 is 1.29 bits per heavy atom. The van der Waals surface area contributed by atoms with E-state index < -0.39 is 0 Å². The van der Waals surface area contributed by atoms with Crippen LogP contribution in [0.2, 0.25) is 0 Å². The van der Waals surface area contributed by atoms with Gasteiger partial charge < -0.3 is 15.5 Å².